The van der Waals surface area contributed by atoms with Gasteiger partial charge in [0.2, 0.25) is 5.91 Å². The number of nitrogens with zero attached hydrogens (tertiary/aromatic N) is 1. The zero-order valence-corrected chi connectivity index (χ0v) is 10.3. The topological polar surface area (TPSA) is 29.5 Å². The number of ether oxygens (including phenoxy) is 1. The Balaban J connectivity index is 2.55. The van der Waals surface area contributed by atoms with Crippen LogP contribution in [0.4, 0.5) is 5.69 Å². The van der Waals surface area contributed by atoms with Crippen molar-refractivity contribution < 1.29 is 9.53 Å². The molecule has 0 saturated carbocycles. The zero-order valence-electron chi connectivity index (χ0n) is 8.71. The fraction of sp³-hybridized carbons (Fsp3) is 0.364. The Kier molecular flexibility index (Phi) is 2.69. The van der Waals surface area contributed by atoms with Gasteiger partial charge < -0.3 is 9.64 Å². The van der Waals surface area contributed by atoms with Crippen LogP contribution in [0, 0.1) is 0 Å². The van der Waals surface area contributed by atoms with Crippen LogP contribution in [-0.2, 0) is 11.2 Å². The molecule has 0 saturated heterocycles. The summed E-state index contributed by atoms with van der Waals surface area (Å²) in [5.74, 6) is 0.821. The van der Waals surface area contributed by atoms with Crippen molar-refractivity contribution in [1.29, 1.82) is 0 Å². The standard InChI is InChI=1S/C11H12BrNO2/c1-7(14)13-4-3-8-5-9(12)6-10(15-2)11(8)13/h5-6H,3-4H2,1-2H3. The summed E-state index contributed by atoms with van der Waals surface area (Å²) < 4.78 is 6.28. The lowest BCUT2D eigenvalue weighted by atomic mass is 10.1. The van der Waals surface area contributed by atoms with E-state index in [4.69, 9.17) is 4.74 Å². The SMILES string of the molecule is COc1cc(Br)cc2c1N(C(C)=O)CC2. The molecule has 0 fully saturated rings. The molecule has 0 aliphatic carbocycles. The van der Waals surface area contributed by atoms with E-state index in [1.165, 1.54) is 0 Å². The summed E-state index contributed by atoms with van der Waals surface area (Å²) in [5.41, 5.74) is 2.09. The van der Waals surface area contributed by atoms with Gasteiger partial charge in [-0.05, 0) is 24.1 Å². The second-order valence-electron chi connectivity index (χ2n) is 3.54. The molecule has 80 valence electrons. The molecule has 1 aromatic rings. The molecule has 1 aliphatic heterocycles. The molecule has 0 N–H and O–H groups in total. The first-order valence-corrected chi connectivity index (χ1v) is 5.57. The highest BCUT2D eigenvalue weighted by atomic mass is 79.9. The maximum atomic E-state index is 11.4. The van der Waals surface area contributed by atoms with Crippen molar-refractivity contribution in [1.82, 2.24) is 0 Å². The Morgan fingerprint density at radius 3 is 2.87 bits per heavy atom. The summed E-state index contributed by atoms with van der Waals surface area (Å²) in [5, 5.41) is 0. The Labute approximate surface area is 97.2 Å². The lowest BCUT2D eigenvalue weighted by Gasteiger charge is -2.17. The van der Waals surface area contributed by atoms with E-state index in [0.29, 0.717) is 0 Å². The molecule has 0 bridgehead atoms. The van der Waals surface area contributed by atoms with Crippen LogP contribution < -0.4 is 9.64 Å². The highest BCUT2D eigenvalue weighted by molar-refractivity contribution is 9.10. The first-order chi connectivity index (χ1) is 7.13. The number of carbonyl (C=O) groups excluding carboxylic acids is 1. The van der Waals surface area contributed by atoms with E-state index in [0.717, 1.165) is 34.4 Å². The van der Waals surface area contributed by atoms with Gasteiger partial charge in [0.25, 0.3) is 0 Å². The minimum absolute atomic E-state index is 0.0642. The molecule has 0 atom stereocenters. The number of carbonyl (C=O) groups is 1. The molecule has 1 aliphatic rings. The largest absolute Gasteiger partial charge is 0.495 e. The summed E-state index contributed by atoms with van der Waals surface area (Å²) in [4.78, 5) is 13.2. The third-order valence-electron chi connectivity index (χ3n) is 2.59. The van der Waals surface area contributed by atoms with Crippen LogP contribution in [0.3, 0.4) is 0 Å². The highest BCUT2D eigenvalue weighted by Gasteiger charge is 2.26. The Hall–Kier alpha value is -1.03. The number of fused-ring (bicyclic) bond motifs is 1. The van der Waals surface area contributed by atoms with Crippen LogP contribution >= 0.6 is 15.9 Å². The van der Waals surface area contributed by atoms with Crippen LogP contribution in [0.1, 0.15) is 12.5 Å². The van der Waals surface area contributed by atoms with Crippen molar-refractivity contribution in [3.8, 4) is 5.75 Å². The zero-order chi connectivity index (χ0) is 11.0. The number of rotatable bonds is 1. The lowest BCUT2D eigenvalue weighted by molar-refractivity contribution is -0.116. The van der Waals surface area contributed by atoms with E-state index in [1.807, 2.05) is 12.1 Å². The van der Waals surface area contributed by atoms with E-state index in [9.17, 15) is 4.79 Å². The second-order valence-corrected chi connectivity index (χ2v) is 4.45. The number of hydrogen-bond donors (Lipinski definition) is 0. The van der Waals surface area contributed by atoms with Crippen LogP contribution in [0.5, 0.6) is 5.75 Å². The highest BCUT2D eigenvalue weighted by Crippen LogP contribution is 2.39. The van der Waals surface area contributed by atoms with Gasteiger partial charge in [-0.25, -0.2) is 0 Å². The van der Waals surface area contributed by atoms with E-state index >= 15 is 0 Å². The molecule has 0 spiro atoms. The van der Waals surface area contributed by atoms with Crippen LogP contribution in [0.25, 0.3) is 0 Å². The molecule has 2 rings (SSSR count). The molecule has 15 heavy (non-hydrogen) atoms. The average molecular weight is 270 g/mol. The first-order valence-electron chi connectivity index (χ1n) is 4.78. The average Bonchev–Trinajstić information content (AvgIpc) is 2.59. The minimum atomic E-state index is 0.0642. The van der Waals surface area contributed by atoms with Crippen molar-refractivity contribution in [3.63, 3.8) is 0 Å². The summed E-state index contributed by atoms with van der Waals surface area (Å²) >= 11 is 3.43. The third kappa shape index (κ3) is 1.74. The molecule has 4 heteroatoms. The fourth-order valence-corrected chi connectivity index (χ4v) is 2.42. The van der Waals surface area contributed by atoms with Gasteiger partial charge >= 0.3 is 0 Å². The second kappa shape index (κ2) is 3.85. The van der Waals surface area contributed by atoms with Gasteiger partial charge in [-0.1, -0.05) is 15.9 Å². The number of methoxy groups -OCH3 is 1. The Morgan fingerprint density at radius 2 is 2.27 bits per heavy atom. The molecule has 3 nitrogen and oxygen atoms in total. The summed E-state index contributed by atoms with van der Waals surface area (Å²) in [7, 11) is 1.62. The van der Waals surface area contributed by atoms with E-state index in [-0.39, 0.29) is 5.91 Å². The van der Waals surface area contributed by atoms with Gasteiger partial charge in [0, 0.05) is 17.9 Å². The molecular formula is C11H12BrNO2. The first kappa shape index (κ1) is 10.5. The van der Waals surface area contributed by atoms with Crippen molar-refractivity contribution in [2.45, 2.75) is 13.3 Å². The van der Waals surface area contributed by atoms with Gasteiger partial charge in [-0.15, -0.1) is 0 Å². The minimum Gasteiger partial charge on any atom is -0.495 e. The van der Waals surface area contributed by atoms with E-state index < -0.39 is 0 Å². The number of anilines is 1. The molecule has 1 heterocycles. The van der Waals surface area contributed by atoms with E-state index in [2.05, 4.69) is 15.9 Å². The smallest absolute Gasteiger partial charge is 0.223 e. The molecule has 0 aromatic heterocycles. The van der Waals surface area contributed by atoms with Crippen molar-refractivity contribution in [2.24, 2.45) is 0 Å². The number of benzene rings is 1. The van der Waals surface area contributed by atoms with Gasteiger partial charge in [-0.3, -0.25) is 4.79 Å². The molecular weight excluding hydrogens is 258 g/mol. The summed E-state index contributed by atoms with van der Waals surface area (Å²) in [6.07, 6.45) is 0.894. The quantitative estimate of drug-likeness (QED) is 0.784. The molecule has 0 unspecified atom stereocenters. The predicted molar refractivity (Wildman–Crippen MR) is 62.4 cm³/mol. The Bertz CT molecular complexity index is 417. The van der Waals surface area contributed by atoms with Gasteiger partial charge in [0.15, 0.2) is 0 Å². The van der Waals surface area contributed by atoms with E-state index in [1.54, 1.807) is 18.9 Å². The Morgan fingerprint density at radius 1 is 1.53 bits per heavy atom. The summed E-state index contributed by atoms with van der Waals surface area (Å²) in [6.45, 7) is 2.33. The van der Waals surface area contributed by atoms with Gasteiger partial charge in [-0.2, -0.15) is 0 Å². The van der Waals surface area contributed by atoms with Crippen LogP contribution in [0.15, 0.2) is 16.6 Å². The van der Waals surface area contributed by atoms with Crippen molar-refractivity contribution >= 4 is 27.5 Å². The fourth-order valence-electron chi connectivity index (χ4n) is 1.94. The van der Waals surface area contributed by atoms with Crippen molar-refractivity contribution in [2.75, 3.05) is 18.6 Å². The lowest BCUT2D eigenvalue weighted by Crippen LogP contribution is -2.26. The summed E-state index contributed by atoms with van der Waals surface area (Å²) in [6, 6.07) is 3.93. The number of amides is 1. The normalized spacial score (nSPS) is 13.9. The van der Waals surface area contributed by atoms with Crippen LogP contribution in [0.2, 0.25) is 0 Å². The van der Waals surface area contributed by atoms with Gasteiger partial charge in [0.05, 0.1) is 12.8 Å². The molecule has 1 amide bonds. The monoisotopic (exact) mass is 269 g/mol. The number of hydrogen-bond acceptors (Lipinski definition) is 2. The van der Waals surface area contributed by atoms with Crippen molar-refractivity contribution in [3.05, 3.63) is 22.2 Å². The number of halogens is 1. The molecule has 0 radical (unpaired) electrons. The molecule has 1 aromatic carbocycles. The predicted octanol–water partition coefficient (Wildman–Crippen LogP) is 2.37. The van der Waals surface area contributed by atoms with Gasteiger partial charge in [0.1, 0.15) is 5.75 Å². The third-order valence-corrected chi connectivity index (χ3v) is 3.05. The maximum Gasteiger partial charge on any atom is 0.223 e. The maximum absolute atomic E-state index is 11.4. The van der Waals surface area contributed by atoms with Crippen LogP contribution in [-0.4, -0.2) is 19.6 Å².